The normalized spacial score (nSPS) is 10.3. The van der Waals surface area contributed by atoms with Crippen molar-refractivity contribution >= 4 is 34.5 Å². The zero-order valence-corrected chi connectivity index (χ0v) is 15.9. The van der Waals surface area contributed by atoms with Gasteiger partial charge in [0.1, 0.15) is 12.4 Å². The number of rotatable bonds is 6. The first-order valence-corrected chi connectivity index (χ1v) is 9.33. The predicted molar refractivity (Wildman–Crippen MR) is 109 cm³/mol. The van der Waals surface area contributed by atoms with Gasteiger partial charge in [0.15, 0.2) is 0 Å². The Balaban J connectivity index is 1.56. The van der Waals surface area contributed by atoms with Crippen LogP contribution in [0.4, 0.5) is 11.4 Å². The number of amides is 2. The Hall–Kier alpha value is -3.12. The number of hydrogen-bond donors (Lipinski definition) is 2. The fourth-order valence-corrected chi connectivity index (χ4v) is 3.20. The van der Waals surface area contributed by atoms with Crippen LogP contribution in [0, 0.1) is 6.92 Å². The topological polar surface area (TPSA) is 67.4 Å². The zero-order chi connectivity index (χ0) is 19.2. The Labute approximate surface area is 162 Å². The second kappa shape index (κ2) is 8.51. The maximum atomic E-state index is 12.4. The summed E-state index contributed by atoms with van der Waals surface area (Å²) in [5.41, 5.74) is 3.49. The molecule has 0 bridgehead atoms. The van der Waals surface area contributed by atoms with Crippen molar-refractivity contribution in [3.05, 3.63) is 76.0 Å². The smallest absolute Gasteiger partial charge is 0.265 e. The van der Waals surface area contributed by atoms with E-state index in [0.717, 1.165) is 11.3 Å². The van der Waals surface area contributed by atoms with Crippen molar-refractivity contribution < 1.29 is 14.3 Å². The predicted octanol–water partition coefficient (Wildman–Crippen LogP) is 4.85. The van der Waals surface area contributed by atoms with Gasteiger partial charge in [-0.25, -0.2) is 0 Å². The Kier molecular flexibility index (Phi) is 5.88. The minimum Gasteiger partial charge on any atom is -0.489 e. The molecule has 2 amide bonds. The number of nitrogens with one attached hydrogen (secondary N) is 2. The van der Waals surface area contributed by atoms with E-state index in [4.69, 9.17) is 4.74 Å². The number of anilines is 2. The van der Waals surface area contributed by atoms with Crippen molar-refractivity contribution in [3.8, 4) is 5.75 Å². The second-order valence-corrected chi connectivity index (χ2v) is 7.04. The van der Waals surface area contributed by atoms with E-state index in [2.05, 4.69) is 10.6 Å². The monoisotopic (exact) mass is 380 g/mol. The molecule has 1 aromatic heterocycles. The van der Waals surface area contributed by atoms with Crippen molar-refractivity contribution in [1.82, 2.24) is 0 Å². The van der Waals surface area contributed by atoms with Gasteiger partial charge in [-0.05, 0) is 54.8 Å². The molecule has 0 spiro atoms. The van der Waals surface area contributed by atoms with E-state index in [0.29, 0.717) is 22.9 Å². The van der Waals surface area contributed by atoms with Gasteiger partial charge in [0, 0.05) is 23.9 Å². The lowest BCUT2D eigenvalue weighted by Gasteiger charge is -2.06. The van der Waals surface area contributed by atoms with Crippen LogP contribution in [0.1, 0.15) is 27.7 Å². The van der Waals surface area contributed by atoms with E-state index in [-0.39, 0.29) is 11.8 Å². The average Bonchev–Trinajstić information content (AvgIpc) is 3.12. The standard InChI is InChI=1S/C21H20N2O3S/c1-14-3-9-19(10-4-14)26-12-16-11-20(27-13-16)21(25)23-18-7-5-17(6-8-18)22-15(2)24/h3-11,13H,12H2,1-2H3,(H,22,24)(H,23,25). The lowest BCUT2D eigenvalue weighted by Crippen LogP contribution is -2.10. The molecule has 0 aliphatic rings. The van der Waals surface area contributed by atoms with Gasteiger partial charge in [0.2, 0.25) is 5.91 Å². The SMILES string of the molecule is CC(=O)Nc1ccc(NC(=O)c2cc(COc3ccc(C)cc3)cs2)cc1. The van der Waals surface area contributed by atoms with Crippen LogP contribution < -0.4 is 15.4 Å². The summed E-state index contributed by atoms with van der Waals surface area (Å²) in [6.45, 7) is 3.89. The summed E-state index contributed by atoms with van der Waals surface area (Å²) < 4.78 is 5.74. The lowest BCUT2D eigenvalue weighted by atomic mass is 10.2. The van der Waals surface area contributed by atoms with Crippen LogP contribution in [-0.2, 0) is 11.4 Å². The van der Waals surface area contributed by atoms with Gasteiger partial charge >= 0.3 is 0 Å². The van der Waals surface area contributed by atoms with Crippen LogP contribution in [0.15, 0.2) is 60.0 Å². The minimum absolute atomic E-state index is 0.134. The molecule has 138 valence electrons. The average molecular weight is 380 g/mol. The zero-order valence-electron chi connectivity index (χ0n) is 15.1. The highest BCUT2D eigenvalue weighted by atomic mass is 32.1. The van der Waals surface area contributed by atoms with Crippen molar-refractivity contribution in [3.63, 3.8) is 0 Å². The largest absolute Gasteiger partial charge is 0.489 e. The number of ether oxygens (including phenoxy) is 1. The van der Waals surface area contributed by atoms with Gasteiger partial charge in [-0.15, -0.1) is 11.3 Å². The third-order valence-electron chi connectivity index (χ3n) is 3.77. The first-order valence-electron chi connectivity index (χ1n) is 8.45. The van der Waals surface area contributed by atoms with Crippen LogP contribution >= 0.6 is 11.3 Å². The molecule has 0 saturated heterocycles. The summed E-state index contributed by atoms with van der Waals surface area (Å²) >= 11 is 1.38. The first kappa shape index (κ1) is 18.7. The van der Waals surface area contributed by atoms with Gasteiger partial charge in [0.05, 0.1) is 4.88 Å². The highest BCUT2D eigenvalue weighted by molar-refractivity contribution is 7.12. The van der Waals surface area contributed by atoms with Crippen LogP contribution in [0.2, 0.25) is 0 Å². The van der Waals surface area contributed by atoms with E-state index in [1.165, 1.54) is 23.8 Å². The van der Waals surface area contributed by atoms with E-state index < -0.39 is 0 Å². The van der Waals surface area contributed by atoms with Gasteiger partial charge in [0.25, 0.3) is 5.91 Å². The molecule has 0 atom stereocenters. The number of thiophene rings is 1. The molecule has 0 aliphatic heterocycles. The molecular formula is C21H20N2O3S. The van der Waals surface area contributed by atoms with Gasteiger partial charge < -0.3 is 15.4 Å². The van der Waals surface area contributed by atoms with E-state index in [9.17, 15) is 9.59 Å². The fraction of sp³-hybridized carbons (Fsp3) is 0.143. The first-order chi connectivity index (χ1) is 13.0. The summed E-state index contributed by atoms with van der Waals surface area (Å²) in [5, 5.41) is 7.46. The molecule has 0 radical (unpaired) electrons. The Morgan fingerprint density at radius 3 is 2.22 bits per heavy atom. The van der Waals surface area contributed by atoms with Crippen molar-refractivity contribution in [1.29, 1.82) is 0 Å². The molecule has 0 saturated carbocycles. The van der Waals surface area contributed by atoms with Crippen molar-refractivity contribution in [2.24, 2.45) is 0 Å². The molecule has 5 nitrogen and oxygen atoms in total. The van der Waals surface area contributed by atoms with Crippen LogP contribution in [-0.4, -0.2) is 11.8 Å². The molecule has 0 unspecified atom stereocenters. The van der Waals surface area contributed by atoms with Crippen molar-refractivity contribution in [2.45, 2.75) is 20.5 Å². The molecule has 0 fully saturated rings. The summed E-state index contributed by atoms with van der Waals surface area (Å²) in [5.74, 6) is 0.497. The summed E-state index contributed by atoms with van der Waals surface area (Å²) in [4.78, 5) is 24.0. The third-order valence-corrected chi connectivity index (χ3v) is 4.74. The van der Waals surface area contributed by atoms with Crippen LogP contribution in [0.25, 0.3) is 0 Å². The molecule has 3 rings (SSSR count). The number of benzene rings is 2. The number of carbonyl (C=O) groups excluding carboxylic acids is 2. The summed E-state index contributed by atoms with van der Waals surface area (Å²) in [7, 11) is 0. The van der Waals surface area contributed by atoms with E-state index >= 15 is 0 Å². The minimum atomic E-state index is -0.172. The lowest BCUT2D eigenvalue weighted by molar-refractivity contribution is -0.114. The second-order valence-electron chi connectivity index (χ2n) is 6.13. The van der Waals surface area contributed by atoms with Crippen molar-refractivity contribution in [2.75, 3.05) is 10.6 Å². The molecule has 0 aliphatic carbocycles. The maximum absolute atomic E-state index is 12.4. The Bertz CT molecular complexity index is 931. The fourth-order valence-electron chi connectivity index (χ4n) is 2.40. The molecule has 6 heteroatoms. The van der Waals surface area contributed by atoms with E-state index in [1.54, 1.807) is 24.3 Å². The highest BCUT2D eigenvalue weighted by Crippen LogP contribution is 2.20. The van der Waals surface area contributed by atoms with E-state index in [1.807, 2.05) is 42.6 Å². The molecular weight excluding hydrogens is 360 g/mol. The summed E-state index contributed by atoms with van der Waals surface area (Å²) in [6.07, 6.45) is 0. The molecule has 2 N–H and O–H groups in total. The number of hydrogen-bond acceptors (Lipinski definition) is 4. The summed E-state index contributed by atoms with van der Waals surface area (Å²) in [6, 6.07) is 16.7. The van der Waals surface area contributed by atoms with Gasteiger partial charge in [-0.2, -0.15) is 0 Å². The molecule has 1 heterocycles. The Morgan fingerprint density at radius 2 is 1.59 bits per heavy atom. The Morgan fingerprint density at radius 1 is 0.963 bits per heavy atom. The van der Waals surface area contributed by atoms with Crippen LogP contribution in [0.5, 0.6) is 5.75 Å². The van der Waals surface area contributed by atoms with Gasteiger partial charge in [-0.1, -0.05) is 17.7 Å². The molecule has 2 aromatic carbocycles. The highest BCUT2D eigenvalue weighted by Gasteiger charge is 2.10. The number of aryl methyl sites for hydroxylation is 1. The van der Waals surface area contributed by atoms with Crippen LogP contribution in [0.3, 0.4) is 0 Å². The molecule has 3 aromatic rings. The number of carbonyl (C=O) groups is 2. The quantitative estimate of drug-likeness (QED) is 0.643. The van der Waals surface area contributed by atoms with Gasteiger partial charge in [-0.3, -0.25) is 9.59 Å². The maximum Gasteiger partial charge on any atom is 0.265 e. The third kappa shape index (κ3) is 5.43. The molecule has 27 heavy (non-hydrogen) atoms.